The van der Waals surface area contributed by atoms with Gasteiger partial charge >= 0.3 is 0 Å². The van der Waals surface area contributed by atoms with Crippen LogP contribution in [-0.2, 0) is 6.42 Å². The molecule has 5 heteroatoms. The summed E-state index contributed by atoms with van der Waals surface area (Å²) in [6.07, 6.45) is 9.92. The standard InChI is InChI=1S/C25H25N5/c1-17(14-21-16-29-13-3-2-4-25(29)27-21)26-20-9-11-22(12-10-20)30-24(19-7-8-19)15-23(28-30)18-5-6-18/h2-4,9-13,15-16,18-19,26H,1,5-8,14H2. The Morgan fingerprint density at radius 3 is 2.57 bits per heavy atom. The number of anilines is 1. The summed E-state index contributed by atoms with van der Waals surface area (Å²) in [5.74, 6) is 1.38. The zero-order valence-electron chi connectivity index (χ0n) is 17.0. The van der Waals surface area contributed by atoms with Crippen molar-refractivity contribution < 1.29 is 0 Å². The first kappa shape index (κ1) is 17.5. The molecule has 0 amide bonds. The van der Waals surface area contributed by atoms with Crippen LogP contribution < -0.4 is 5.32 Å². The minimum absolute atomic E-state index is 0.688. The number of nitrogens with one attached hydrogen (secondary N) is 1. The highest BCUT2D eigenvalue weighted by molar-refractivity contribution is 5.53. The van der Waals surface area contributed by atoms with Crippen LogP contribution >= 0.6 is 0 Å². The van der Waals surface area contributed by atoms with E-state index < -0.39 is 0 Å². The molecule has 1 N–H and O–H groups in total. The molecule has 0 spiro atoms. The van der Waals surface area contributed by atoms with E-state index in [1.165, 1.54) is 37.1 Å². The summed E-state index contributed by atoms with van der Waals surface area (Å²) in [5.41, 5.74) is 7.73. The quantitative estimate of drug-likeness (QED) is 0.453. The molecule has 2 fully saturated rings. The summed E-state index contributed by atoms with van der Waals surface area (Å²) in [6, 6.07) is 16.9. The predicted octanol–water partition coefficient (Wildman–Crippen LogP) is 5.44. The Balaban J connectivity index is 1.17. The monoisotopic (exact) mass is 395 g/mol. The molecule has 3 heterocycles. The fourth-order valence-electron chi connectivity index (χ4n) is 4.10. The first-order chi connectivity index (χ1) is 14.7. The molecule has 3 aromatic heterocycles. The Bertz CT molecular complexity index is 1190. The Morgan fingerprint density at radius 1 is 1.03 bits per heavy atom. The van der Waals surface area contributed by atoms with Crippen LogP contribution in [0.5, 0.6) is 0 Å². The van der Waals surface area contributed by atoms with Gasteiger partial charge in [0.25, 0.3) is 0 Å². The number of allylic oxidation sites excluding steroid dienone is 1. The Hall–Kier alpha value is -3.34. The summed E-state index contributed by atoms with van der Waals surface area (Å²) < 4.78 is 4.20. The minimum atomic E-state index is 0.688. The second-order valence-corrected chi connectivity index (χ2v) is 8.60. The number of benzene rings is 1. The molecule has 5 nitrogen and oxygen atoms in total. The number of pyridine rings is 1. The van der Waals surface area contributed by atoms with Crippen molar-refractivity contribution in [2.75, 3.05) is 5.32 Å². The first-order valence-electron chi connectivity index (χ1n) is 10.8. The lowest BCUT2D eigenvalue weighted by Crippen LogP contribution is -2.04. The highest BCUT2D eigenvalue weighted by atomic mass is 15.3. The number of aromatic nitrogens is 4. The normalized spacial score (nSPS) is 16.1. The highest BCUT2D eigenvalue weighted by Crippen LogP contribution is 2.45. The van der Waals surface area contributed by atoms with Gasteiger partial charge in [0.2, 0.25) is 0 Å². The summed E-state index contributed by atoms with van der Waals surface area (Å²) in [7, 11) is 0. The van der Waals surface area contributed by atoms with Crippen LogP contribution in [0.2, 0.25) is 0 Å². The van der Waals surface area contributed by atoms with Gasteiger partial charge in [-0.1, -0.05) is 12.6 Å². The third-order valence-corrected chi connectivity index (χ3v) is 5.99. The van der Waals surface area contributed by atoms with Crippen molar-refractivity contribution in [3.05, 3.63) is 90.3 Å². The van der Waals surface area contributed by atoms with Gasteiger partial charge in [0.15, 0.2) is 0 Å². The molecule has 1 aromatic carbocycles. The maximum Gasteiger partial charge on any atom is 0.136 e. The fraction of sp³-hybridized carbons (Fsp3) is 0.280. The van der Waals surface area contributed by atoms with Crippen LogP contribution in [0.25, 0.3) is 11.3 Å². The fourth-order valence-corrected chi connectivity index (χ4v) is 4.10. The molecular weight excluding hydrogens is 370 g/mol. The summed E-state index contributed by atoms with van der Waals surface area (Å²) >= 11 is 0. The van der Waals surface area contributed by atoms with Crippen LogP contribution in [0.15, 0.2) is 73.2 Å². The van der Waals surface area contributed by atoms with E-state index in [2.05, 4.69) is 58.1 Å². The molecule has 0 unspecified atom stereocenters. The number of hydrogen-bond acceptors (Lipinski definition) is 3. The van der Waals surface area contributed by atoms with Crippen LogP contribution in [0.1, 0.15) is 54.6 Å². The number of rotatable bonds is 7. The molecule has 4 aromatic rings. The second kappa shape index (κ2) is 6.87. The number of imidazole rings is 1. The maximum absolute atomic E-state index is 4.94. The van der Waals surface area contributed by atoms with Gasteiger partial charge in [-0.15, -0.1) is 0 Å². The van der Waals surface area contributed by atoms with Crippen molar-refractivity contribution >= 4 is 11.3 Å². The van der Waals surface area contributed by atoms with Crippen LogP contribution in [0.4, 0.5) is 5.69 Å². The SMILES string of the molecule is C=C(Cc1cn2ccccc2n1)Nc1ccc(-n2nc(C3CC3)cc2C2CC2)cc1. The molecule has 2 saturated carbocycles. The van der Waals surface area contributed by atoms with Gasteiger partial charge in [-0.2, -0.15) is 5.10 Å². The van der Waals surface area contributed by atoms with Crippen LogP contribution in [0.3, 0.4) is 0 Å². The van der Waals surface area contributed by atoms with E-state index in [1.807, 2.05) is 28.8 Å². The van der Waals surface area contributed by atoms with Crippen molar-refractivity contribution in [2.45, 2.75) is 43.9 Å². The van der Waals surface area contributed by atoms with E-state index in [4.69, 9.17) is 5.10 Å². The zero-order valence-corrected chi connectivity index (χ0v) is 17.0. The minimum Gasteiger partial charge on any atom is -0.359 e. The lowest BCUT2D eigenvalue weighted by Gasteiger charge is -2.11. The van der Waals surface area contributed by atoms with Gasteiger partial charge in [-0.05, 0) is 68.1 Å². The topological polar surface area (TPSA) is 47.1 Å². The Morgan fingerprint density at radius 2 is 1.83 bits per heavy atom. The molecular formula is C25H25N5. The summed E-state index contributed by atoms with van der Waals surface area (Å²) in [6.45, 7) is 4.19. The molecule has 150 valence electrons. The smallest absolute Gasteiger partial charge is 0.136 e. The second-order valence-electron chi connectivity index (χ2n) is 8.60. The van der Waals surface area contributed by atoms with Crippen molar-refractivity contribution in [2.24, 2.45) is 0 Å². The van der Waals surface area contributed by atoms with E-state index in [-0.39, 0.29) is 0 Å². The average Bonchev–Trinajstić information content (AvgIpc) is 3.69. The number of fused-ring (bicyclic) bond motifs is 1. The molecule has 2 aliphatic rings. The Labute approximate surface area is 176 Å². The molecule has 2 aliphatic carbocycles. The third-order valence-electron chi connectivity index (χ3n) is 5.99. The first-order valence-corrected chi connectivity index (χ1v) is 10.8. The van der Waals surface area contributed by atoms with Crippen LogP contribution in [0, 0.1) is 0 Å². The number of hydrogen-bond donors (Lipinski definition) is 1. The van der Waals surface area contributed by atoms with Gasteiger partial charge in [0.05, 0.1) is 17.1 Å². The van der Waals surface area contributed by atoms with Gasteiger partial charge in [-0.3, -0.25) is 0 Å². The van der Waals surface area contributed by atoms with E-state index in [1.54, 1.807) is 0 Å². The molecule has 0 bridgehead atoms. The van der Waals surface area contributed by atoms with Gasteiger partial charge in [-0.25, -0.2) is 9.67 Å². The van der Waals surface area contributed by atoms with E-state index in [9.17, 15) is 0 Å². The van der Waals surface area contributed by atoms with Gasteiger partial charge < -0.3 is 9.72 Å². The molecule has 6 rings (SSSR count). The average molecular weight is 396 g/mol. The highest BCUT2D eigenvalue weighted by Gasteiger charge is 2.32. The molecule has 0 atom stereocenters. The maximum atomic E-state index is 4.94. The number of nitrogens with zero attached hydrogens (tertiary/aromatic N) is 4. The van der Waals surface area contributed by atoms with Crippen molar-refractivity contribution in [3.63, 3.8) is 0 Å². The van der Waals surface area contributed by atoms with Crippen LogP contribution in [-0.4, -0.2) is 19.2 Å². The van der Waals surface area contributed by atoms with Crippen molar-refractivity contribution in [1.82, 2.24) is 19.2 Å². The van der Waals surface area contributed by atoms with E-state index in [0.29, 0.717) is 18.3 Å². The summed E-state index contributed by atoms with van der Waals surface area (Å²) in [5, 5.41) is 8.36. The predicted molar refractivity (Wildman–Crippen MR) is 119 cm³/mol. The third kappa shape index (κ3) is 3.41. The molecule has 30 heavy (non-hydrogen) atoms. The lowest BCUT2D eigenvalue weighted by atomic mass is 10.2. The molecule has 0 aliphatic heterocycles. The van der Waals surface area contributed by atoms with Crippen molar-refractivity contribution in [1.29, 1.82) is 0 Å². The van der Waals surface area contributed by atoms with Gasteiger partial charge in [0, 0.05) is 47.7 Å². The lowest BCUT2D eigenvalue weighted by molar-refractivity contribution is 0.787. The largest absolute Gasteiger partial charge is 0.359 e. The Kier molecular flexibility index (Phi) is 4.01. The molecule has 0 radical (unpaired) electrons. The zero-order chi connectivity index (χ0) is 20.1. The van der Waals surface area contributed by atoms with Gasteiger partial charge in [0.1, 0.15) is 5.65 Å². The van der Waals surface area contributed by atoms with E-state index in [0.717, 1.165) is 28.4 Å². The van der Waals surface area contributed by atoms with Crippen molar-refractivity contribution in [3.8, 4) is 5.69 Å². The molecule has 0 saturated heterocycles. The van der Waals surface area contributed by atoms with E-state index >= 15 is 0 Å². The summed E-state index contributed by atoms with van der Waals surface area (Å²) in [4.78, 5) is 4.65.